The number of ether oxygens (including phenoxy) is 2. The molecule has 146 valence electrons. The van der Waals surface area contributed by atoms with Crippen LogP contribution in [-0.2, 0) is 6.54 Å². The smallest absolute Gasteiger partial charge is 0.163 e. The first kappa shape index (κ1) is 19.4. The average Bonchev–Trinajstić information content (AvgIpc) is 3.05. The number of likely N-dealkylation sites (tertiary alicyclic amines) is 2. The minimum atomic E-state index is -0.275. The van der Waals surface area contributed by atoms with E-state index < -0.39 is 0 Å². The Labute approximate surface area is 155 Å². The molecule has 0 spiro atoms. The number of aliphatic hydroxyl groups excluding tert-OH is 1. The molecule has 6 heteroatoms. The highest BCUT2D eigenvalue weighted by molar-refractivity contribution is 5.43. The van der Waals surface area contributed by atoms with Crippen molar-refractivity contribution >= 4 is 0 Å². The summed E-state index contributed by atoms with van der Waals surface area (Å²) in [6, 6.07) is 3.11. The van der Waals surface area contributed by atoms with E-state index in [-0.39, 0.29) is 18.3 Å². The van der Waals surface area contributed by atoms with E-state index in [4.69, 9.17) is 9.47 Å². The molecule has 5 nitrogen and oxygen atoms in total. The zero-order chi connectivity index (χ0) is 18.5. The third kappa shape index (κ3) is 4.48. The Kier molecular flexibility index (Phi) is 6.73. The van der Waals surface area contributed by atoms with Gasteiger partial charge in [0.2, 0.25) is 0 Å². The third-order valence-electron chi connectivity index (χ3n) is 5.77. The minimum absolute atomic E-state index is 0.198. The Hall–Kier alpha value is -1.37. The molecule has 2 fully saturated rings. The maximum Gasteiger partial charge on any atom is 0.163 e. The van der Waals surface area contributed by atoms with Crippen molar-refractivity contribution < 1.29 is 19.0 Å². The van der Waals surface area contributed by atoms with Gasteiger partial charge < -0.3 is 19.5 Å². The number of aliphatic hydroxyl groups is 1. The van der Waals surface area contributed by atoms with E-state index >= 15 is 0 Å². The van der Waals surface area contributed by atoms with Crippen LogP contribution in [0.5, 0.6) is 11.5 Å². The largest absolute Gasteiger partial charge is 0.493 e. The molecular formula is C20H31FN2O3. The van der Waals surface area contributed by atoms with Crippen molar-refractivity contribution in [3.63, 3.8) is 0 Å². The molecule has 0 amide bonds. The normalized spacial score (nSPS) is 24.8. The highest BCUT2D eigenvalue weighted by Crippen LogP contribution is 2.32. The molecular weight excluding hydrogens is 335 g/mol. The molecule has 0 bridgehead atoms. The number of benzene rings is 1. The van der Waals surface area contributed by atoms with Crippen molar-refractivity contribution in [3.05, 3.63) is 23.5 Å². The van der Waals surface area contributed by atoms with Crippen molar-refractivity contribution in [2.24, 2.45) is 11.8 Å². The van der Waals surface area contributed by atoms with Crippen LogP contribution < -0.4 is 9.47 Å². The SMILES string of the molecule is COc1cc(F)c(CN2C[C@@H](CN3CCCCC3)[C@@H](CO)C2)cc1OC. The second kappa shape index (κ2) is 9.02. The van der Waals surface area contributed by atoms with E-state index in [0.717, 1.165) is 19.6 Å². The fourth-order valence-corrected chi connectivity index (χ4v) is 4.31. The minimum Gasteiger partial charge on any atom is -0.493 e. The van der Waals surface area contributed by atoms with Crippen LogP contribution in [0.3, 0.4) is 0 Å². The Morgan fingerprint density at radius 2 is 1.65 bits per heavy atom. The van der Waals surface area contributed by atoms with Crippen molar-refractivity contribution in [3.8, 4) is 11.5 Å². The first-order chi connectivity index (χ1) is 12.6. The Morgan fingerprint density at radius 3 is 2.31 bits per heavy atom. The van der Waals surface area contributed by atoms with Crippen molar-refractivity contribution in [1.29, 1.82) is 0 Å². The molecule has 2 saturated heterocycles. The monoisotopic (exact) mass is 366 g/mol. The lowest BCUT2D eigenvalue weighted by molar-refractivity contribution is 0.149. The van der Waals surface area contributed by atoms with Crippen molar-refractivity contribution in [2.75, 3.05) is 53.6 Å². The van der Waals surface area contributed by atoms with Crippen LogP contribution >= 0.6 is 0 Å². The predicted octanol–water partition coefficient (Wildman–Crippen LogP) is 2.37. The number of rotatable bonds is 7. The highest BCUT2D eigenvalue weighted by atomic mass is 19.1. The summed E-state index contributed by atoms with van der Waals surface area (Å²) in [4.78, 5) is 4.77. The number of hydrogen-bond donors (Lipinski definition) is 1. The van der Waals surface area contributed by atoms with E-state index in [2.05, 4.69) is 9.80 Å². The molecule has 26 heavy (non-hydrogen) atoms. The fraction of sp³-hybridized carbons (Fsp3) is 0.700. The van der Waals surface area contributed by atoms with Gasteiger partial charge in [-0.15, -0.1) is 0 Å². The molecule has 2 aliphatic heterocycles. The zero-order valence-electron chi connectivity index (χ0n) is 15.9. The molecule has 0 aromatic heterocycles. The third-order valence-corrected chi connectivity index (χ3v) is 5.77. The van der Waals surface area contributed by atoms with Crippen molar-refractivity contribution in [1.82, 2.24) is 9.80 Å². The molecule has 0 aliphatic carbocycles. The molecule has 2 aliphatic rings. The first-order valence-electron chi connectivity index (χ1n) is 9.60. The lowest BCUT2D eigenvalue weighted by Crippen LogP contribution is -2.37. The molecule has 0 saturated carbocycles. The predicted molar refractivity (Wildman–Crippen MR) is 99.1 cm³/mol. The van der Waals surface area contributed by atoms with Crippen LogP contribution in [0, 0.1) is 17.7 Å². The summed E-state index contributed by atoms with van der Waals surface area (Å²) in [6.45, 7) is 5.80. The van der Waals surface area contributed by atoms with Crippen LogP contribution in [0.25, 0.3) is 0 Å². The molecule has 1 aromatic carbocycles. The molecule has 2 heterocycles. The molecule has 1 N–H and O–H groups in total. The summed E-state index contributed by atoms with van der Waals surface area (Å²) in [5.74, 6) is 1.39. The van der Waals surface area contributed by atoms with Crippen LogP contribution in [0.1, 0.15) is 24.8 Å². The van der Waals surface area contributed by atoms with E-state index in [1.807, 2.05) is 0 Å². The quantitative estimate of drug-likeness (QED) is 0.803. The van der Waals surface area contributed by atoms with E-state index in [0.29, 0.717) is 29.5 Å². The summed E-state index contributed by atoms with van der Waals surface area (Å²) < 4.78 is 24.9. The number of hydrogen-bond acceptors (Lipinski definition) is 5. The van der Waals surface area contributed by atoms with Gasteiger partial charge in [-0.25, -0.2) is 4.39 Å². The van der Waals surface area contributed by atoms with Crippen LogP contribution in [0.4, 0.5) is 4.39 Å². The number of piperidine rings is 1. The summed E-state index contributed by atoms with van der Waals surface area (Å²) >= 11 is 0. The second-order valence-electron chi connectivity index (χ2n) is 7.56. The zero-order valence-corrected chi connectivity index (χ0v) is 15.9. The Morgan fingerprint density at radius 1 is 1.00 bits per heavy atom. The topological polar surface area (TPSA) is 45.2 Å². The van der Waals surface area contributed by atoms with Gasteiger partial charge in [-0.1, -0.05) is 6.42 Å². The van der Waals surface area contributed by atoms with Gasteiger partial charge in [-0.3, -0.25) is 4.90 Å². The summed E-state index contributed by atoms with van der Waals surface area (Å²) in [6.07, 6.45) is 3.88. The second-order valence-corrected chi connectivity index (χ2v) is 7.56. The molecule has 2 atom stereocenters. The van der Waals surface area contributed by atoms with E-state index in [1.54, 1.807) is 13.2 Å². The Bertz CT molecular complexity index is 593. The summed E-state index contributed by atoms with van der Waals surface area (Å²) in [7, 11) is 3.07. The van der Waals surface area contributed by atoms with Gasteiger partial charge in [0, 0.05) is 44.4 Å². The van der Waals surface area contributed by atoms with Gasteiger partial charge in [0.25, 0.3) is 0 Å². The lowest BCUT2D eigenvalue weighted by atomic mass is 9.95. The average molecular weight is 366 g/mol. The van der Waals surface area contributed by atoms with E-state index in [9.17, 15) is 9.50 Å². The maximum absolute atomic E-state index is 14.4. The van der Waals surface area contributed by atoms with Crippen LogP contribution in [0.15, 0.2) is 12.1 Å². The molecule has 3 rings (SSSR count). The first-order valence-corrected chi connectivity index (χ1v) is 9.60. The number of methoxy groups -OCH3 is 2. The van der Waals surface area contributed by atoms with Gasteiger partial charge in [-0.2, -0.15) is 0 Å². The molecule has 1 aromatic rings. The van der Waals surface area contributed by atoms with Gasteiger partial charge in [0.05, 0.1) is 14.2 Å². The lowest BCUT2D eigenvalue weighted by Gasteiger charge is -2.30. The standard InChI is InChI=1S/C20H31FN2O3/c1-25-19-8-15(18(21)9-20(19)26-2)10-23-12-16(17(13-23)14-24)11-22-6-4-3-5-7-22/h8-9,16-17,24H,3-7,10-14H2,1-2H3/t16-,17-/m1/s1. The maximum atomic E-state index is 14.4. The van der Waals surface area contributed by atoms with Gasteiger partial charge in [0.1, 0.15) is 5.82 Å². The van der Waals surface area contributed by atoms with Crippen LogP contribution in [0.2, 0.25) is 0 Å². The number of nitrogens with zero attached hydrogens (tertiary/aromatic N) is 2. The fourth-order valence-electron chi connectivity index (χ4n) is 4.31. The molecule has 0 radical (unpaired) electrons. The van der Waals surface area contributed by atoms with Crippen molar-refractivity contribution in [2.45, 2.75) is 25.8 Å². The number of halogens is 1. The summed E-state index contributed by atoms with van der Waals surface area (Å²) in [5.41, 5.74) is 0.609. The van der Waals surface area contributed by atoms with E-state index in [1.165, 1.54) is 45.5 Å². The van der Waals surface area contributed by atoms with Gasteiger partial charge in [0.15, 0.2) is 11.5 Å². The van der Waals surface area contributed by atoms with Gasteiger partial charge in [-0.05, 0) is 43.8 Å². The Balaban J connectivity index is 1.65. The summed E-state index contributed by atoms with van der Waals surface area (Å²) in [5, 5.41) is 9.80. The highest BCUT2D eigenvalue weighted by Gasteiger charge is 2.34. The van der Waals surface area contributed by atoms with Gasteiger partial charge >= 0.3 is 0 Å². The van der Waals surface area contributed by atoms with Crippen LogP contribution in [-0.4, -0.2) is 68.5 Å². The molecule has 0 unspecified atom stereocenters.